The number of rotatable bonds is 3. The monoisotopic (exact) mass is 260 g/mol. The maximum absolute atomic E-state index is 5.89. The summed E-state index contributed by atoms with van der Waals surface area (Å²) in [6.45, 7) is 7.87. The number of aryl methyl sites for hydroxylation is 1. The molecule has 2 rings (SSSR count). The van der Waals surface area contributed by atoms with Gasteiger partial charge in [0.2, 0.25) is 0 Å². The van der Waals surface area contributed by atoms with Crippen LogP contribution in [-0.2, 0) is 6.42 Å². The Morgan fingerprint density at radius 1 is 1.32 bits per heavy atom. The molecular weight excluding hydrogens is 232 g/mol. The molecule has 2 heteroatoms. The minimum absolute atomic E-state index is 0.238. The van der Waals surface area contributed by atoms with Crippen LogP contribution >= 0.6 is 0 Å². The van der Waals surface area contributed by atoms with Crippen molar-refractivity contribution in [3.63, 3.8) is 0 Å². The average molecular weight is 260 g/mol. The third kappa shape index (κ3) is 3.73. The van der Waals surface area contributed by atoms with Crippen LogP contribution in [0.5, 0.6) is 0 Å². The molecule has 2 N–H and O–H groups in total. The first-order valence-electron chi connectivity index (χ1n) is 7.69. The van der Waals surface area contributed by atoms with Crippen molar-refractivity contribution in [2.24, 2.45) is 5.73 Å². The third-order valence-electron chi connectivity index (χ3n) is 4.18. The molecule has 0 saturated carbocycles. The van der Waals surface area contributed by atoms with E-state index < -0.39 is 0 Å². The zero-order chi connectivity index (χ0) is 13.8. The summed E-state index contributed by atoms with van der Waals surface area (Å²) in [5, 5.41) is 0. The average Bonchev–Trinajstić information content (AvgIpc) is 2.54. The number of anilines is 1. The molecule has 0 spiro atoms. The predicted molar refractivity (Wildman–Crippen MR) is 83.8 cm³/mol. The van der Waals surface area contributed by atoms with E-state index in [0.717, 1.165) is 6.42 Å². The van der Waals surface area contributed by atoms with Gasteiger partial charge in [0.1, 0.15) is 0 Å². The van der Waals surface area contributed by atoms with Crippen LogP contribution in [0.3, 0.4) is 0 Å². The van der Waals surface area contributed by atoms with Crippen molar-refractivity contribution in [1.29, 1.82) is 0 Å². The summed E-state index contributed by atoms with van der Waals surface area (Å²) in [5.74, 6) is 0. The molecule has 0 aromatic heterocycles. The summed E-state index contributed by atoms with van der Waals surface area (Å²) >= 11 is 0. The predicted octanol–water partition coefficient (Wildman–Crippen LogP) is 3.65. The summed E-state index contributed by atoms with van der Waals surface area (Å²) in [7, 11) is 0. The molecule has 0 bridgehead atoms. The zero-order valence-corrected chi connectivity index (χ0v) is 12.7. The fourth-order valence-corrected chi connectivity index (χ4v) is 3.17. The van der Waals surface area contributed by atoms with Crippen LogP contribution in [-0.4, -0.2) is 18.6 Å². The molecule has 2 atom stereocenters. The van der Waals surface area contributed by atoms with Crippen molar-refractivity contribution >= 4 is 5.69 Å². The Balaban J connectivity index is 2.19. The lowest BCUT2D eigenvalue weighted by Crippen LogP contribution is -2.33. The Morgan fingerprint density at radius 3 is 2.79 bits per heavy atom. The van der Waals surface area contributed by atoms with Crippen LogP contribution in [0.15, 0.2) is 18.2 Å². The molecule has 1 fully saturated rings. The highest BCUT2D eigenvalue weighted by Gasteiger charge is 2.18. The van der Waals surface area contributed by atoms with Crippen LogP contribution in [0.25, 0.3) is 0 Å². The summed E-state index contributed by atoms with van der Waals surface area (Å²) in [4.78, 5) is 2.60. The van der Waals surface area contributed by atoms with E-state index in [0.29, 0.717) is 6.04 Å². The van der Waals surface area contributed by atoms with Crippen molar-refractivity contribution in [2.45, 2.75) is 65.0 Å². The van der Waals surface area contributed by atoms with Gasteiger partial charge in [0.25, 0.3) is 0 Å². The second-order valence-electron chi connectivity index (χ2n) is 6.19. The van der Waals surface area contributed by atoms with E-state index in [9.17, 15) is 0 Å². The second kappa shape index (κ2) is 6.42. The van der Waals surface area contributed by atoms with Crippen molar-refractivity contribution in [1.82, 2.24) is 0 Å². The van der Waals surface area contributed by atoms with E-state index in [1.54, 1.807) is 0 Å². The van der Waals surface area contributed by atoms with Gasteiger partial charge in [-0.3, -0.25) is 0 Å². The molecule has 1 aliphatic rings. The fraction of sp³-hybridized carbons (Fsp3) is 0.647. The first-order valence-corrected chi connectivity index (χ1v) is 7.69. The Hall–Kier alpha value is -1.02. The summed E-state index contributed by atoms with van der Waals surface area (Å²) in [6.07, 6.45) is 6.37. The summed E-state index contributed by atoms with van der Waals surface area (Å²) < 4.78 is 0. The van der Waals surface area contributed by atoms with E-state index in [2.05, 4.69) is 43.9 Å². The van der Waals surface area contributed by atoms with E-state index in [-0.39, 0.29) is 6.04 Å². The van der Waals surface area contributed by atoms with Gasteiger partial charge in [0, 0.05) is 24.3 Å². The molecule has 2 unspecified atom stereocenters. The van der Waals surface area contributed by atoms with Crippen LogP contribution < -0.4 is 10.6 Å². The highest BCUT2D eigenvalue weighted by atomic mass is 15.2. The highest BCUT2D eigenvalue weighted by Crippen LogP contribution is 2.27. The normalized spacial score (nSPS) is 22.1. The van der Waals surface area contributed by atoms with Crippen molar-refractivity contribution < 1.29 is 0 Å². The van der Waals surface area contributed by atoms with E-state index in [1.165, 1.54) is 49.0 Å². The molecule has 1 aromatic carbocycles. The Bertz CT molecular complexity index is 412. The standard InChI is InChI=1S/C17H28N2/c1-13-11-16(12-14(2)18)8-9-17(13)19-10-6-4-5-7-15(19)3/h8-9,11,14-15H,4-7,10,12,18H2,1-3H3. The number of nitrogens with two attached hydrogens (primary N) is 1. The van der Waals surface area contributed by atoms with Gasteiger partial charge in [-0.25, -0.2) is 0 Å². The minimum Gasteiger partial charge on any atom is -0.369 e. The first-order chi connectivity index (χ1) is 9.08. The molecule has 2 nitrogen and oxygen atoms in total. The second-order valence-corrected chi connectivity index (χ2v) is 6.19. The molecule has 106 valence electrons. The zero-order valence-electron chi connectivity index (χ0n) is 12.7. The van der Waals surface area contributed by atoms with Gasteiger partial charge in [-0.2, -0.15) is 0 Å². The first kappa shape index (κ1) is 14.4. The fourth-order valence-electron chi connectivity index (χ4n) is 3.17. The molecule has 0 radical (unpaired) electrons. The lowest BCUT2D eigenvalue weighted by atomic mass is 10.0. The van der Waals surface area contributed by atoms with Crippen LogP contribution in [0.2, 0.25) is 0 Å². The van der Waals surface area contributed by atoms with Gasteiger partial charge >= 0.3 is 0 Å². The van der Waals surface area contributed by atoms with Gasteiger partial charge in [0.05, 0.1) is 0 Å². The molecule has 1 saturated heterocycles. The molecule has 0 amide bonds. The number of hydrogen-bond donors (Lipinski definition) is 1. The molecule has 19 heavy (non-hydrogen) atoms. The number of benzene rings is 1. The highest BCUT2D eigenvalue weighted by molar-refractivity contribution is 5.55. The van der Waals surface area contributed by atoms with Crippen molar-refractivity contribution in [2.75, 3.05) is 11.4 Å². The van der Waals surface area contributed by atoms with Crippen LogP contribution in [0.1, 0.15) is 50.7 Å². The van der Waals surface area contributed by atoms with Gasteiger partial charge in [-0.05, 0) is 57.2 Å². The maximum atomic E-state index is 5.89. The Labute approximate surface area is 118 Å². The van der Waals surface area contributed by atoms with Crippen molar-refractivity contribution in [3.05, 3.63) is 29.3 Å². The largest absolute Gasteiger partial charge is 0.369 e. The van der Waals surface area contributed by atoms with Crippen LogP contribution in [0, 0.1) is 6.92 Å². The Morgan fingerprint density at radius 2 is 2.11 bits per heavy atom. The smallest absolute Gasteiger partial charge is 0.0398 e. The van der Waals surface area contributed by atoms with E-state index >= 15 is 0 Å². The Kier molecular flexibility index (Phi) is 4.87. The number of hydrogen-bond acceptors (Lipinski definition) is 2. The van der Waals surface area contributed by atoms with Gasteiger partial charge in [-0.1, -0.05) is 25.0 Å². The SMILES string of the molecule is Cc1cc(CC(C)N)ccc1N1CCCCCC1C. The quantitative estimate of drug-likeness (QED) is 0.899. The van der Waals surface area contributed by atoms with Gasteiger partial charge < -0.3 is 10.6 Å². The number of nitrogens with zero attached hydrogens (tertiary/aromatic N) is 1. The minimum atomic E-state index is 0.238. The molecular formula is C17H28N2. The van der Waals surface area contributed by atoms with E-state index in [1.807, 2.05) is 0 Å². The topological polar surface area (TPSA) is 29.3 Å². The van der Waals surface area contributed by atoms with Gasteiger partial charge in [0.15, 0.2) is 0 Å². The summed E-state index contributed by atoms with van der Waals surface area (Å²) in [5.41, 5.74) is 10.1. The molecule has 0 aliphatic carbocycles. The molecule has 1 heterocycles. The van der Waals surface area contributed by atoms with Gasteiger partial charge in [-0.15, -0.1) is 0 Å². The summed E-state index contributed by atoms with van der Waals surface area (Å²) in [6, 6.07) is 7.77. The maximum Gasteiger partial charge on any atom is 0.0398 e. The molecule has 1 aromatic rings. The lowest BCUT2D eigenvalue weighted by Gasteiger charge is -2.31. The lowest BCUT2D eigenvalue weighted by molar-refractivity contribution is 0.615. The van der Waals surface area contributed by atoms with Crippen molar-refractivity contribution in [3.8, 4) is 0 Å². The molecule has 1 aliphatic heterocycles. The van der Waals surface area contributed by atoms with Crippen LogP contribution in [0.4, 0.5) is 5.69 Å². The third-order valence-corrected chi connectivity index (χ3v) is 4.18. The van der Waals surface area contributed by atoms with E-state index in [4.69, 9.17) is 5.73 Å².